The fourth-order valence-electron chi connectivity index (χ4n) is 1.78. The van der Waals surface area contributed by atoms with Gasteiger partial charge >= 0.3 is 0 Å². The summed E-state index contributed by atoms with van der Waals surface area (Å²) in [5.74, 6) is 1.73. The van der Waals surface area contributed by atoms with Crippen LogP contribution in [0.25, 0.3) is 0 Å². The summed E-state index contributed by atoms with van der Waals surface area (Å²) in [5.41, 5.74) is 5.35. The van der Waals surface area contributed by atoms with Crippen molar-refractivity contribution >= 4 is 5.84 Å². The molecule has 3 N–H and O–H groups in total. The molecule has 0 aliphatic rings. The lowest BCUT2D eigenvalue weighted by molar-refractivity contribution is 0.218. The molecule has 0 rings (SSSR count). The maximum atomic E-state index is 7.18. The Bertz CT molecular complexity index is 166. The van der Waals surface area contributed by atoms with Crippen LogP contribution in [0.4, 0.5) is 0 Å². The summed E-state index contributed by atoms with van der Waals surface area (Å²) in [6.07, 6.45) is 1.74. The summed E-state index contributed by atoms with van der Waals surface area (Å²) in [6, 6.07) is 0. The van der Waals surface area contributed by atoms with Gasteiger partial charge in [-0.15, -0.1) is 0 Å². The fourth-order valence-corrected chi connectivity index (χ4v) is 1.78. The first kappa shape index (κ1) is 14.4. The van der Waals surface area contributed by atoms with Crippen LogP contribution in [-0.4, -0.2) is 30.4 Å². The van der Waals surface area contributed by atoms with E-state index >= 15 is 0 Å². The van der Waals surface area contributed by atoms with Crippen LogP contribution in [0.2, 0.25) is 0 Å². The van der Waals surface area contributed by atoms with E-state index in [0.29, 0.717) is 17.7 Å². The van der Waals surface area contributed by atoms with Gasteiger partial charge in [0.1, 0.15) is 0 Å². The maximum Gasteiger partial charge on any atom is 0.0905 e. The van der Waals surface area contributed by atoms with Crippen LogP contribution >= 0.6 is 0 Å². The Labute approximate surface area is 94.5 Å². The molecule has 0 saturated heterocycles. The number of hydrogen-bond acceptors (Lipinski definition) is 2. The topological polar surface area (TPSA) is 53.1 Å². The van der Waals surface area contributed by atoms with E-state index < -0.39 is 0 Å². The Morgan fingerprint density at radius 1 is 1.13 bits per heavy atom. The molecule has 90 valence electrons. The molecule has 0 aliphatic carbocycles. The molecule has 3 heteroatoms. The SMILES string of the molecule is CC(C)CN(CCCC(=N)N)CC(C)C. The smallest absolute Gasteiger partial charge is 0.0905 e. The van der Waals surface area contributed by atoms with Gasteiger partial charge < -0.3 is 10.6 Å². The van der Waals surface area contributed by atoms with Crippen molar-refractivity contribution in [3.05, 3.63) is 0 Å². The van der Waals surface area contributed by atoms with E-state index in [-0.39, 0.29) is 0 Å². The monoisotopic (exact) mass is 213 g/mol. The molecule has 0 heterocycles. The van der Waals surface area contributed by atoms with Gasteiger partial charge in [0.15, 0.2) is 0 Å². The third kappa shape index (κ3) is 9.73. The minimum absolute atomic E-state index is 0.309. The molecule has 0 spiro atoms. The van der Waals surface area contributed by atoms with E-state index in [4.69, 9.17) is 11.1 Å². The van der Waals surface area contributed by atoms with Gasteiger partial charge in [0, 0.05) is 19.5 Å². The zero-order valence-electron chi connectivity index (χ0n) is 10.7. The highest BCUT2D eigenvalue weighted by atomic mass is 15.1. The third-order valence-electron chi connectivity index (χ3n) is 2.17. The Hall–Kier alpha value is -0.570. The average molecular weight is 213 g/mol. The largest absolute Gasteiger partial charge is 0.388 e. The molecule has 0 saturated carbocycles. The van der Waals surface area contributed by atoms with Crippen molar-refractivity contribution in [2.45, 2.75) is 40.5 Å². The first-order chi connectivity index (χ1) is 6.91. The van der Waals surface area contributed by atoms with Gasteiger partial charge in [0.2, 0.25) is 0 Å². The second kappa shape index (κ2) is 7.69. The summed E-state index contributed by atoms with van der Waals surface area (Å²) >= 11 is 0. The van der Waals surface area contributed by atoms with Crippen LogP contribution in [0.5, 0.6) is 0 Å². The standard InChI is InChI=1S/C12H27N3/c1-10(2)8-15(9-11(3)4)7-5-6-12(13)14/h10-11H,5-9H2,1-4H3,(H3,13,14). The molecule has 0 unspecified atom stereocenters. The lowest BCUT2D eigenvalue weighted by atomic mass is 10.1. The first-order valence-electron chi connectivity index (χ1n) is 5.97. The lowest BCUT2D eigenvalue weighted by Gasteiger charge is -2.25. The predicted octanol–water partition coefficient (Wildman–Crippen LogP) is 2.32. The zero-order valence-corrected chi connectivity index (χ0v) is 10.7. The van der Waals surface area contributed by atoms with Gasteiger partial charge in [-0.05, 0) is 24.8 Å². The molecule has 0 aromatic carbocycles. The summed E-state index contributed by atoms with van der Waals surface area (Å²) in [6.45, 7) is 12.4. The van der Waals surface area contributed by atoms with Crippen molar-refractivity contribution in [3.63, 3.8) is 0 Å². The molecule has 0 fully saturated rings. The van der Waals surface area contributed by atoms with Crippen molar-refractivity contribution in [1.82, 2.24) is 4.90 Å². The summed E-state index contributed by atoms with van der Waals surface area (Å²) < 4.78 is 0. The fraction of sp³-hybridized carbons (Fsp3) is 0.917. The first-order valence-corrected chi connectivity index (χ1v) is 5.97. The van der Waals surface area contributed by atoms with E-state index in [0.717, 1.165) is 32.5 Å². The molecule has 3 nitrogen and oxygen atoms in total. The van der Waals surface area contributed by atoms with Gasteiger partial charge in [0.05, 0.1) is 5.84 Å². The summed E-state index contributed by atoms with van der Waals surface area (Å²) in [7, 11) is 0. The van der Waals surface area contributed by atoms with Crippen LogP contribution in [0, 0.1) is 17.2 Å². The highest BCUT2D eigenvalue weighted by Gasteiger charge is 2.08. The highest BCUT2D eigenvalue weighted by Crippen LogP contribution is 2.05. The number of nitrogens with two attached hydrogens (primary N) is 1. The van der Waals surface area contributed by atoms with E-state index in [2.05, 4.69) is 32.6 Å². The van der Waals surface area contributed by atoms with Crippen LogP contribution < -0.4 is 5.73 Å². The normalized spacial score (nSPS) is 11.7. The minimum atomic E-state index is 0.309. The third-order valence-corrected chi connectivity index (χ3v) is 2.17. The van der Waals surface area contributed by atoms with E-state index in [1.165, 1.54) is 0 Å². The van der Waals surface area contributed by atoms with E-state index in [1.54, 1.807) is 0 Å². The van der Waals surface area contributed by atoms with Gasteiger partial charge in [-0.3, -0.25) is 5.41 Å². The number of amidine groups is 1. The van der Waals surface area contributed by atoms with Gasteiger partial charge in [0.25, 0.3) is 0 Å². The Morgan fingerprint density at radius 2 is 1.60 bits per heavy atom. The quantitative estimate of drug-likeness (QED) is 0.480. The average Bonchev–Trinajstić information content (AvgIpc) is 2.00. The number of nitrogens with one attached hydrogen (secondary N) is 1. The maximum absolute atomic E-state index is 7.18. The summed E-state index contributed by atoms with van der Waals surface area (Å²) in [5, 5.41) is 7.18. The second-order valence-electron chi connectivity index (χ2n) is 5.18. The molecule has 0 amide bonds. The Kier molecular flexibility index (Phi) is 7.39. The van der Waals surface area contributed by atoms with Crippen molar-refractivity contribution in [2.24, 2.45) is 17.6 Å². The predicted molar refractivity (Wildman–Crippen MR) is 67.3 cm³/mol. The van der Waals surface area contributed by atoms with E-state index in [9.17, 15) is 0 Å². The Balaban J connectivity index is 3.84. The van der Waals surface area contributed by atoms with Crippen molar-refractivity contribution in [3.8, 4) is 0 Å². The molecular weight excluding hydrogens is 186 g/mol. The number of hydrogen-bond donors (Lipinski definition) is 2. The van der Waals surface area contributed by atoms with Crippen molar-refractivity contribution in [2.75, 3.05) is 19.6 Å². The van der Waals surface area contributed by atoms with Gasteiger partial charge in [-0.25, -0.2) is 0 Å². The molecular formula is C12H27N3. The van der Waals surface area contributed by atoms with Crippen LogP contribution in [0.3, 0.4) is 0 Å². The molecule has 0 radical (unpaired) electrons. The number of nitrogens with zero attached hydrogens (tertiary/aromatic N) is 1. The molecule has 0 bridgehead atoms. The molecule has 0 atom stereocenters. The Morgan fingerprint density at radius 3 is 1.93 bits per heavy atom. The van der Waals surface area contributed by atoms with Crippen molar-refractivity contribution in [1.29, 1.82) is 5.41 Å². The van der Waals surface area contributed by atoms with Crippen LogP contribution in [0.15, 0.2) is 0 Å². The van der Waals surface area contributed by atoms with Gasteiger partial charge in [-0.2, -0.15) is 0 Å². The minimum Gasteiger partial charge on any atom is -0.388 e. The number of rotatable bonds is 8. The van der Waals surface area contributed by atoms with Crippen LogP contribution in [0.1, 0.15) is 40.5 Å². The lowest BCUT2D eigenvalue weighted by Crippen LogP contribution is -2.32. The zero-order chi connectivity index (χ0) is 11.8. The summed E-state index contributed by atoms with van der Waals surface area (Å²) in [4.78, 5) is 2.48. The van der Waals surface area contributed by atoms with E-state index in [1.807, 2.05) is 0 Å². The second-order valence-corrected chi connectivity index (χ2v) is 5.18. The highest BCUT2D eigenvalue weighted by molar-refractivity contribution is 5.76. The molecule has 0 aromatic heterocycles. The van der Waals surface area contributed by atoms with Crippen LogP contribution in [-0.2, 0) is 0 Å². The van der Waals surface area contributed by atoms with Crippen molar-refractivity contribution < 1.29 is 0 Å². The molecule has 15 heavy (non-hydrogen) atoms. The van der Waals surface area contributed by atoms with Gasteiger partial charge in [-0.1, -0.05) is 27.7 Å². The molecule has 0 aliphatic heterocycles. The molecule has 0 aromatic rings.